The number of carbonyl (C=O) groups excluding carboxylic acids is 2. The summed E-state index contributed by atoms with van der Waals surface area (Å²) in [5.74, 6) is -1.21. The first kappa shape index (κ1) is 19.6. The SMILES string of the molecule is CC(=O)Oc1cc2ccc(S(=O)(=O)O)cc2cc1OC(C)=O.[H-].[Na+]. The molecule has 2 aromatic rings. The molecule has 0 aromatic heterocycles. The van der Waals surface area contributed by atoms with Gasteiger partial charge in [-0.2, -0.15) is 8.42 Å². The third-order valence-corrected chi connectivity index (χ3v) is 3.53. The zero-order valence-corrected chi connectivity index (χ0v) is 15.5. The predicted octanol–water partition coefficient (Wildman–Crippen LogP) is -0.946. The van der Waals surface area contributed by atoms with Gasteiger partial charge in [0.25, 0.3) is 10.1 Å². The first-order valence-corrected chi connectivity index (χ1v) is 7.53. The van der Waals surface area contributed by atoms with Crippen LogP contribution < -0.4 is 39.0 Å². The van der Waals surface area contributed by atoms with E-state index in [1.807, 2.05) is 0 Å². The second-order valence-electron chi connectivity index (χ2n) is 4.47. The number of hydrogen-bond acceptors (Lipinski definition) is 6. The van der Waals surface area contributed by atoms with Gasteiger partial charge in [-0.25, -0.2) is 0 Å². The molecule has 0 bridgehead atoms. The van der Waals surface area contributed by atoms with Crippen LogP contribution in [0.1, 0.15) is 15.3 Å². The minimum Gasteiger partial charge on any atom is -1.00 e. The van der Waals surface area contributed by atoms with Gasteiger partial charge in [0.1, 0.15) is 0 Å². The van der Waals surface area contributed by atoms with E-state index in [1.165, 1.54) is 44.2 Å². The van der Waals surface area contributed by atoms with Crippen molar-refractivity contribution in [3.63, 3.8) is 0 Å². The third-order valence-electron chi connectivity index (χ3n) is 2.68. The van der Waals surface area contributed by atoms with Crippen LogP contribution in [-0.2, 0) is 19.7 Å². The molecule has 2 rings (SSSR count). The van der Waals surface area contributed by atoms with Gasteiger partial charge in [0.15, 0.2) is 11.5 Å². The molecule has 0 aliphatic heterocycles. The summed E-state index contributed by atoms with van der Waals surface area (Å²) in [7, 11) is -4.35. The van der Waals surface area contributed by atoms with Gasteiger partial charge >= 0.3 is 41.5 Å². The van der Waals surface area contributed by atoms with Crippen LogP contribution in [-0.4, -0.2) is 24.9 Å². The van der Waals surface area contributed by atoms with Crippen LogP contribution >= 0.6 is 0 Å². The normalized spacial score (nSPS) is 10.7. The van der Waals surface area contributed by atoms with Crippen molar-refractivity contribution < 1.29 is 63.0 Å². The fraction of sp³-hybridized carbons (Fsp3) is 0.143. The smallest absolute Gasteiger partial charge is 1.00 e. The van der Waals surface area contributed by atoms with Crippen molar-refractivity contribution in [2.24, 2.45) is 0 Å². The molecule has 0 unspecified atom stereocenters. The standard InChI is InChI=1S/C14H12O7S.Na.H/c1-8(15)20-13-6-10-3-4-12(22(17,18)19)5-11(10)7-14(13)21-9(2)16;;/h3-7H,1-2H3,(H,17,18,19);;/q;+1;-1. The molecule has 0 amide bonds. The van der Waals surface area contributed by atoms with Crippen LogP contribution in [0.4, 0.5) is 0 Å². The predicted molar refractivity (Wildman–Crippen MR) is 77.5 cm³/mol. The van der Waals surface area contributed by atoms with Gasteiger partial charge in [-0.3, -0.25) is 14.1 Å². The maximum atomic E-state index is 11.2. The maximum Gasteiger partial charge on any atom is 1.00 e. The first-order valence-electron chi connectivity index (χ1n) is 6.09. The number of fused-ring (bicyclic) bond motifs is 1. The molecule has 23 heavy (non-hydrogen) atoms. The molecule has 2 aromatic carbocycles. The molecule has 1 N–H and O–H groups in total. The Morgan fingerprint density at radius 1 is 0.957 bits per heavy atom. The molecule has 0 aliphatic carbocycles. The number of esters is 2. The summed E-state index contributed by atoms with van der Waals surface area (Å²) in [6.07, 6.45) is 0. The number of carbonyl (C=O) groups is 2. The third kappa shape index (κ3) is 5.02. The number of hydrogen-bond donors (Lipinski definition) is 1. The van der Waals surface area contributed by atoms with E-state index in [0.29, 0.717) is 10.8 Å². The van der Waals surface area contributed by atoms with Crippen LogP contribution in [0.25, 0.3) is 10.8 Å². The molecular formula is C14H13NaO7S. The second kappa shape index (κ2) is 7.41. The van der Waals surface area contributed by atoms with E-state index in [1.54, 1.807) is 0 Å². The van der Waals surface area contributed by atoms with E-state index < -0.39 is 22.1 Å². The maximum absolute atomic E-state index is 11.2. The zero-order valence-electron chi connectivity index (χ0n) is 13.7. The number of ether oxygens (including phenoxy) is 2. The molecular weight excluding hydrogens is 335 g/mol. The van der Waals surface area contributed by atoms with Gasteiger partial charge in [-0.1, -0.05) is 6.07 Å². The number of rotatable bonds is 3. The molecule has 118 valence electrons. The molecule has 0 heterocycles. The molecule has 0 spiro atoms. The van der Waals surface area contributed by atoms with E-state index in [0.717, 1.165) is 0 Å². The number of benzene rings is 2. The summed E-state index contributed by atoms with van der Waals surface area (Å²) in [4.78, 5) is 21.9. The summed E-state index contributed by atoms with van der Waals surface area (Å²) in [6.45, 7) is 2.37. The van der Waals surface area contributed by atoms with Gasteiger partial charge in [-0.05, 0) is 35.0 Å². The fourth-order valence-electron chi connectivity index (χ4n) is 1.86. The summed E-state index contributed by atoms with van der Waals surface area (Å²) in [5, 5.41) is 0.932. The molecule has 0 fully saturated rings. The van der Waals surface area contributed by atoms with Gasteiger partial charge in [0, 0.05) is 13.8 Å². The van der Waals surface area contributed by atoms with Gasteiger partial charge < -0.3 is 10.9 Å². The molecule has 0 saturated heterocycles. The zero-order chi connectivity index (χ0) is 16.5. The Labute approximate surface area is 156 Å². The minimum absolute atomic E-state index is 0. The summed E-state index contributed by atoms with van der Waals surface area (Å²) >= 11 is 0. The van der Waals surface area contributed by atoms with Crippen molar-refractivity contribution in [2.75, 3.05) is 0 Å². The Balaban J connectivity index is 0.00000264. The van der Waals surface area contributed by atoms with Crippen LogP contribution in [0.3, 0.4) is 0 Å². The van der Waals surface area contributed by atoms with Gasteiger partial charge in [0.05, 0.1) is 4.90 Å². The molecule has 0 aliphatic rings. The minimum atomic E-state index is -4.35. The van der Waals surface area contributed by atoms with Crippen LogP contribution in [0.5, 0.6) is 11.5 Å². The Morgan fingerprint density at radius 3 is 1.87 bits per heavy atom. The fourth-order valence-corrected chi connectivity index (χ4v) is 2.38. The van der Waals surface area contributed by atoms with Crippen molar-refractivity contribution in [2.45, 2.75) is 18.7 Å². The Morgan fingerprint density at radius 2 is 1.43 bits per heavy atom. The van der Waals surface area contributed by atoms with Gasteiger partial charge in [0.2, 0.25) is 0 Å². The summed E-state index contributed by atoms with van der Waals surface area (Å²) < 4.78 is 41.3. The largest absolute Gasteiger partial charge is 1.00 e. The van der Waals surface area contributed by atoms with Crippen molar-refractivity contribution in [3.8, 4) is 11.5 Å². The van der Waals surface area contributed by atoms with Crippen molar-refractivity contribution in [1.29, 1.82) is 0 Å². The van der Waals surface area contributed by atoms with Crippen LogP contribution in [0, 0.1) is 0 Å². The molecule has 9 heteroatoms. The molecule has 7 nitrogen and oxygen atoms in total. The molecule has 0 atom stereocenters. The first-order chi connectivity index (χ1) is 10.2. The van der Waals surface area contributed by atoms with Gasteiger partial charge in [-0.15, -0.1) is 0 Å². The van der Waals surface area contributed by atoms with Crippen LogP contribution in [0.2, 0.25) is 0 Å². The second-order valence-corrected chi connectivity index (χ2v) is 5.89. The van der Waals surface area contributed by atoms with E-state index in [9.17, 15) is 18.0 Å². The van der Waals surface area contributed by atoms with Crippen molar-refractivity contribution in [1.82, 2.24) is 0 Å². The van der Waals surface area contributed by atoms with Crippen molar-refractivity contribution >= 4 is 32.8 Å². The summed E-state index contributed by atoms with van der Waals surface area (Å²) in [6, 6.07) is 6.64. The molecule has 0 saturated carbocycles. The van der Waals surface area contributed by atoms with Crippen LogP contribution in [0.15, 0.2) is 35.2 Å². The average molecular weight is 348 g/mol. The quantitative estimate of drug-likeness (QED) is 0.330. The van der Waals surface area contributed by atoms with E-state index >= 15 is 0 Å². The van der Waals surface area contributed by atoms with Crippen molar-refractivity contribution in [3.05, 3.63) is 30.3 Å². The Hall–Kier alpha value is -1.45. The Bertz CT molecular complexity index is 880. The van der Waals surface area contributed by atoms with E-state index in [-0.39, 0.29) is 47.4 Å². The average Bonchev–Trinajstić information content (AvgIpc) is 2.36. The monoisotopic (exact) mass is 348 g/mol. The summed E-state index contributed by atoms with van der Waals surface area (Å²) in [5.41, 5.74) is 0. The van der Waals surface area contributed by atoms with E-state index in [4.69, 9.17) is 14.0 Å². The Kier molecular flexibility index (Phi) is 6.32. The molecule has 0 radical (unpaired) electrons. The topological polar surface area (TPSA) is 107 Å². The van der Waals surface area contributed by atoms with E-state index in [2.05, 4.69) is 0 Å².